The van der Waals surface area contributed by atoms with Crippen LogP contribution in [-0.2, 0) is 13.1 Å². The van der Waals surface area contributed by atoms with Gasteiger partial charge >= 0.3 is 5.69 Å². The van der Waals surface area contributed by atoms with Crippen molar-refractivity contribution in [1.82, 2.24) is 9.55 Å². The third kappa shape index (κ3) is 4.31. The van der Waals surface area contributed by atoms with Crippen LogP contribution in [0.25, 0.3) is 0 Å². The molecule has 29 heavy (non-hydrogen) atoms. The van der Waals surface area contributed by atoms with Crippen LogP contribution in [0.5, 0.6) is 5.75 Å². The lowest BCUT2D eigenvalue weighted by Gasteiger charge is -2.25. The summed E-state index contributed by atoms with van der Waals surface area (Å²) in [5.74, 6) is 0.144. The second-order valence-electron chi connectivity index (χ2n) is 6.54. The molecule has 2 aromatic carbocycles. The van der Waals surface area contributed by atoms with E-state index < -0.39 is 17.1 Å². The smallest absolute Gasteiger partial charge is 0.330 e. The first-order chi connectivity index (χ1) is 13.9. The van der Waals surface area contributed by atoms with E-state index in [0.29, 0.717) is 17.9 Å². The Morgan fingerprint density at radius 2 is 1.90 bits per heavy atom. The van der Waals surface area contributed by atoms with E-state index >= 15 is 0 Å². The van der Waals surface area contributed by atoms with Crippen LogP contribution in [-0.4, -0.2) is 23.2 Å². The fourth-order valence-corrected chi connectivity index (χ4v) is 3.23. The molecular formula is C21H23FN4O3. The summed E-state index contributed by atoms with van der Waals surface area (Å²) in [5, 5.41) is 0. The van der Waals surface area contributed by atoms with Crippen LogP contribution < -0.4 is 26.6 Å². The molecule has 0 aliphatic carbocycles. The van der Waals surface area contributed by atoms with Crippen molar-refractivity contribution in [3.05, 3.63) is 86.3 Å². The van der Waals surface area contributed by atoms with E-state index in [1.165, 1.54) is 29.9 Å². The number of anilines is 2. The van der Waals surface area contributed by atoms with Gasteiger partial charge in [0, 0.05) is 18.7 Å². The number of ether oxygens (including phenoxy) is 1. The lowest BCUT2D eigenvalue weighted by molar-refractivity contribution is 0.408. The average Bonchev–Trinajstić information content (AvgIpc) is 2.71. The summed E-state index contributed by atoms with van der Waals surface area (Å²) in [6.45, 7) is 2.66. The summed E-state index contributed by atoms with van der Waals surface area (Å²) in [5.41, 5.74) is 6.68. The number of halogens is 1. The van der Waals surface area contributed by atoms with Gasteiger partial charge in [-0.2, -0.15) is 0 Å². The number of rotatable bonds is 7. The summed E-state index contributed by atoms with van der Waals surface area (Å²) < 4.78 is 20.4. The fourth-order valence-electron chi connectivity index (χ4n) is 3.23. The molecule has 0 saturated carbocycles. The molecule has 7 nitrogen and oxygen atoms in total. The zero-order valence-corrected chi connectivity index (χ0v) is 16.3. The molecule has 3 rings (SSSR count). The monoisotopic (exact) mass is 398 g/mol. The largest absolute Gasteiger partial charge is 0.496 e. The summed E-state index contributed by atoms with van der Waals surface area (Å²) >= 11 is 0. The standard InChI is InChI=1S/C21H23FN4O3/c1-3-25(13-15-11-16(22)9-10-17(15)29-2)18-19(23)26(21(28)24-20(18)27)12-14-7-5-4-6-8-14/h4-11H,3,12-13,23H2,1-2H3,(H,24,27,28). The Hall–Kier alpha value is -3.55. The zero-order valence-electron chi connectivity index (χ0n) is 16.3. The highest BCUT2D eigenvalue weighted by Gasteiger charge is 2.20. The number of methoxy groups -OCH3 is 1. The number of aromatic nitrogens is 2. The number of nitrogen functional groups attached to an aromatic ring is 1. The van der Waals surface area contributed by atoms with E-state index in [1.54, 1.807) is 4.90 Å². The van der Waals surface area contributed by atoms with Crippen molar-refractivity contribution >= 4 is 11.5 Å². The van der Waals surface area contributed by atoms with E-state index in [9.17, 15) is 14.0 Å². The van der Waals surface area contributed by atoms with E-state index in [2.05, 4.69) is 4.98 Å². The SMILES string of the molecule is CCN(Cc1cc(F)ccc1OC)c1c(N)n(Cc2ccccc2)c(=O)[nH]c1=O. The predicted octanol–water partition coefficient (Wildman–Crippen LogP) is 2.34. The number of nitrogens with two attached hydrogens (primary N) is 1. The number of hydrogen-bond donors (Lipinski definition) is 2. The molecule has 0 aliphatic rings. The van der Waals surface area contributed by atoms with E-state index in [4.69, 9.17) is 10.5 Å². The van der Waals surface area contributed by atoms with E-state index in [1.807, 2.05) is 37.3 Å². The molecule has 0 unspecified atom stereocenters. The highest BCUT2D eigenvalue weighted by atomic mass is 19.1. The summed E-state index contributed by atoms with van der Waals surface area (Å²) in [6, 6.07) is 13.5. The maximum atomic E-state index is 13.7. The minimum atomic E-state index is -0.589. The van der Waals surface area contributed by atoms with Crippen LogP contribution in [0.3, 0.4) is 0 Å². The Balaban J connectivity index is 2.04. The Bertz CT molecular complexity index is 1110. The van der Waals surface area contributed by atoms with Gasteiger partial charge in [-0.15, -0.1) is 0 Å². The zero-order chi connectivity index (χ0) is 21.0. The lowest BCUT2D eigenvalue weighted by Crippen LogP contribution is -2.38. The second-order valence-corrected chi connectivity index (χ2v) is 6.54. The van der Waals surface area contributed by atoms with Gasteiger partial charge in [-0.05, 0) is 30.7 Å². The average molecular weight is 398 g/mol. The first kappa shape index (κ1) is 20.2. The topological polar surface area (TPSA) is 93.3 Å². The summed E-state index contributed by atoms with van der Waals surface area (Å²) in [6.07, 6.45) is 0. The molecule has 0 atom stereocenters. The van der Waals surface area contributed by atoms with Gasteiger partial charge in [0.15, 0.2) is 0 Å². The van der Waals surface area contributed by atoms with Gasteiger partial charge < -0.3 is 15.4 Å². The maximum absolute atomic E-state index is 13.7. The van der Waals surface area contributed by atoms with Crippen molar-refractivity contribution in [3.8, 4) is 5.75 Å². The van der Waals surface area contributed by atoms with Gasteiger partial charge in [0.2, 0.25) is 0 Å². The van der Waals surface area contributed by atoms with Crippen molar-refractivity contribution < 1.29 is 9.13 Å². The fraction of sp³-hybridized carbons (Fsp3) is 0.238. The van der Waals surface area contributed by atoms with Crippen LogP contribution in [0.1, 0.15) is 18.1 Å². The van der Waals surface area contributed by atoms with Gasteiger partial charge in [-0.3, -0.25) is 14.3 Å². The molecule has 3 N–H and O–H groups in total. The third-order valence-corrected chi connectivity index (χ3v) is 4.70. The molecule has 152 valence electrons. The van der Waals surface area contributed by atoms with Crippen molar-refractivity contribution in [2.24, 2.45) is 0 Å². The molecule has 0 spiro atoms. The molecule has 1 heterocycles. The normalized spacial score (nSPS) is 10.7. The molecule has 0 saturated heterocycles. The molecular weight excluding hydrogens is 375 g/mol. The Morgan fingerprint density at radius 3 is 2.55 bits per heavy atom. The predicted molar refractivity (Wildman–Crippen MR) is 111 cm³/mol. The van der Waals surface area contributed by atoms with Gasteiger partial charge in [0.1, 0.15) is 23.1 Å². The van der Waals surface area contributed by atoms with Crippen molar-refractivity contribution in [2.75, 3.05) is 24.3 Å². The van der Waals surface area contributed by atoms with Gasteiger partial charge in [0.05, 0.1) is 13.7 Å². The van der Waals surface area contributed by atoms with Crippen LogP contribution >= 0.6 is 0 Å². The lowest BCUT2D eigenvalue weighted by atomic mass is 10.1. The molecule has 0 radical (unpaired) electrons. The third-order valence-electron chi connectivity index (χ3n) is 4.70. The molecule has 0 amide bonds. The molecule has 8 heteroatoms. The molecule has 0 bridgehead atoms. The van der Waals surface area contributed by atoms with Gasteiger partial charge in [-0.25, -0.2) is 9.18 Å². The Kier molecular flexibility index (Phi) is 6.01. The number of aromatic amines is 1. The minimum Gasteiger partial charge on any atom is -0.496 e. The first-order valence-corrected chi connectivity index (χ1v) is 9.18. The van der Waals surface area contributed by atoms with Crippen LogP contribution in [0.4, 0.5) is 15.9 Å². The van der Waals surface area contributed by atoms with Crippen LogP contribution in [0, 0.1) is 5.82 Å². The molecule has 0 aliphatic heterocycles. The maximum Gasteiger partial charge on any atom is 0.330 e. The summed E-state index contributed by atoms with van der Waals surface area (Å²) in [4.78, 5) is 29.0. The summed E-state index contributed by atoms with van der Waals surface area (Å²) in [7, 11) is 1.49. The Labute approximate surface area is 167 Å². The van der Waals surface area contributed by atoms with Crippen molar-refractivity contribution in [2.45, 2.75) is 20.0 Å². The highest BCUT2D eigenvalue weighted by Crippen LogP contribution is 2.25. The second kappa shape index (κ2) is 8.64. The first-order valence-electron chi connectivity index (χ1n) is 9.18. The van der Waals surface area contributed by atoms with E-state index in [-0.39, 0.29) is 24.6 Å². The van der Waals surface area contributed by atoms with E-state index in [0.717, 1.165) is 5.56 Å². The molecule has 1 aromatic heterocycles. The molecule has 3 aromatic rings. The number of hydrogen-bond acceptors (Lipinski definition) is 5. The number of benzene rings is 2. The van der Waals surface area contributed by atoms with Crippen molar-refractivity contribution in [3.63, 3.8) is 0 Å². The number of nitrogens with zero attached hydrogens (tertiary/aromatic N) is 2. The minimum absolute atomic E-state index is 0.0554. The van der Waals surface area contributed by atoms with Crippen LogP contribution in [0.15, 0.2) is 58.1 Å². The van der Waals surface area contributed by atoms with Gasteiger partial charge in [0.25, 0.3) is 5.56 Å². The molecule has 0 fully saturated rings. The van der Waals surface area contributed by atoms with Crippen molar-refractivity contribution in [1.29, 1.82) is 0 Å². The number of H-pyrrole nitrogens is 1. The van der Waals surface area contributed by atoms with Crippen LogP contribution in [0.2, 0.25) is 0 Å². The van der Waals surface area contributed by atoms with Gasteiger partial charge in [-0.1, -0.05) is 30.3 Å². The Morgan fingerprint density at radius 1 is 1.17 bits per heavy atom. The highest BCUT2D eigenvalue weighted by molar-refractivity contribution is 5.63. The number of nitrogens with one attached hydrogen (secondary N) is 1. The quantitative estimate of drug-likeness (QED) is 0.637.